The van der Waals surface area contributed by atoms with Gasteiger partial charge < -0.3 is 16.8 Å². The maximum Gasteiger partial charge on any atom is 0.240 e. The van der Waals surface area contributed by atoms with Crippen molar-refractivity contribution in [1.29, 1.82) is 0 Å². The van der Waals surface area contributed by atoms with Crippen LogP contribution in [0.4, 0.5) is 0 Å². The molecule has 0 aliphatic heterocycles. The monoisotopic (exact) mass is 223 g/mol. The van der Waals surface area contributed by atoms with Crippen LogP contribution in [0.2, 0.25) is 0 Å². The molecule has 1 unspecified atom stereocenters. The lowest BCUT2D eigenvalue weighted by atomic mass is 10.0. The minimum Gasteiger partial charge on any atom is -0.368 e. The molecule has 0 aromatic heterocycles. The predicted molar refractivity (Wildman–Crippen MR) is 56.9 cm³/mol. The number of halogens is 1. The highest BCUT2D eigenvalue weighted by Gasteiger charge is 2.18. The first-order chi connectivity index (χ1) is 5.97. The Bertz CT molecular complexity index is 197. The second-order valence-corrected chi connectivity index (χ2v) is 3.36. The van der Waals surface area contributed by atoms with Gasteiger partial charge in [0.15, 0.2) is 0 Å². The predicted octanol–water partition coefficient (Wildman–Crippen LogP) is -0.617. The van der Waals surface area contributed by atoms with E-state index in [9.17, 15) is 9.59 Å². The maximum absolute atomic E-state index is 10.9. The van der Waals surface area contributed by atoms with E-state index in [0.29, 0.717) is 12.3 Å². The van der Waals surface area contributed by atoms with Crippen molar-refractivity contribution < 1.29 is 9.59 Å². The van der Waals surface area contributed by atoms with Crippen molar-refractivity contribution in [2.45, 2.75) is 26.3 Å². The molecule has 0 saturated carbocycles. The molecule has 5 N–H and O–H groups in total. The minimum atomic E-state index is -0.601. The van der Waals surface area contributed by atoms with E-state index in [4.69, 9.17) is 11.5 Å². The summed E-state index contributed by atoms with van der Waals surface area (Å²) < 4.78 is 0. The molecule has 0 aliphatic rings. The van der Waals surface area contributed by atoms with E-state index in [2.05, 4.69) is 5.32 Å². The van der Waals surface area contributed by atoms with E-state index in [1.54, 1.807) is 0 Å². The van der Waals surface area contributed by atoms with Crippen LogP contribution in [0.25, 0.3) is 0 Å². The molecule has 5 nitrogen and oxygen atoms in total. The van der Waals surface area contributed by atoms with Crippen LogP contribution in [0.1, 0.15) is 20.3 Å². The fraction of sp³-hybridized carbons (Fsp3) is 0.750. The van der Waals surface area contributed by atoms with Gasteiger partial charge in [-0.05, 0) is 12.3 Å². The number of nitrogens with two attached hydrogens (primary N) is 2. The Morgan fingerprint density at radius 1 is 1.36 bits per heavy atom. The van der Waals surface area contributed by atoms with Crippen molar-refractivity contribution in [3.63, 3.8) is 0 Å². The summed E-state index contributed by atoms with van der Waals surface area (Å²) in [4.78, 5) is 21.7. The van der Waals surface area contributed by atoms with Crippen molar-refractivity contribution in [2.24, 2.45) is 17.4 Å². The molecule has 0 aromatic carbocycles. The molecule has 84 valence electrons. The third kappa shape index (κ3) is 6.68. The molecule has 0 aliphatic carbocycles. The highest BCUT2D eigenvalue weighted by molar-refractivity contribution is 5.87. The number of hydrogen-bond donors (Lipinski definition) is 3. The summed E-state index contributed by atoms with van der Waals surface area (Å²) in [5, 5.41) is 2.46. The van der Waals surface area contributed by atoms with Gasteiger partial charge in [-0.2, -0.15) is 0 Å². The Morgan fingerprint density at radius 2 is 1.86 bits per heavy atom. The first-order valence-electron chi connectivity index (χ1n) is 4.26. The van der Waals surface area contributed by atoms with Crippen LogP contribution in [0.5, 0.6) is 0 Å². The summed E-state index contributed by atoms with van der Waals surface area (Å²) in [5.41, 5.74) is 10.2. The second kappa shape index (κ2) is 7.58. The average Bonchev–Trinajstić information content (AvgIpc) is 2.02. The van der Waals surface area contributed by atoms with Gasteiger partial charge in [0.25, 0.3) is 0 Å². The summed E-state index contributed by atoms with van der Waals surface area (Å²) in [7, 11) is 0. The Labute approximate surface area is 90.0 Å². The van der Waals surface area contributed by atoms with Crippen molar-refractivity contribution in [3.8, 4) is 0 Å². The van der Waals surface area contributed by atoms with Gasteiger partial charge in [0.05, 0.1) is 6.54 Å². The van der Waals surface area contributed by atoms with Crippen LogP contribution in [-0.4, -0.2) is 24.4 Å². The summed E-state index contributed by atoms with van der Waals surface area (Å²) in [6.07, 6.45) is 0.543. The topological polar surface area (TPSA) is 98.2 Å². The Kier molecular flexibility index (Phi) is 8.48. The number of amides is 2. The fourth-order valence-corrected chi connectivity index (χ4v) is 0.971. The molecule has 0 aromatic rings. The standard InChI is InChI=1S/C8H17N3O2.ClH/c1-5(2)3-6(8(10)13)11-7(12)4-9;/h5-6H,3-4,9H2,1-2H3,(H2,10,13)(H,11,12);1H. The van der Waals surface area contributed by atoms with E-state index < -0.39 is 11.9 Å². The van der Waals surface area contributed by atoms with Crippen LogP contribution in [0.15, 0.2) is 0 Å². The summed E-state index contributed by atoms with van der Waals surface area (Å²) in [5.74, 6) is -0.574. The van der Waals surface area contributed by atoms with Gasteiger partial charge in [-0.1, -0.05) is 13.8 Å². The molecule has 0 saturated heterocycles. The molecule has 0 fully saturated rings. The van der Waals surface area contributed by atoms with Gasteiger partial charge >= 0.3 is 0 Å². The zero-order valence-electron chi connectivity index (χ0n) is 8.45. The molecular formula is C8H18ClN3O2. The van der Waals surface area contributed by atoms with Crippen LogP contribution in [0.3, 0.4) is 0 Å². The highest BCUT2D eigenvalue weighted by Crippen LogP contribution is 2.03. The molecule has 14 heavy (non-hydrogen) atoms. The number of primary amides is 1. The largest absolute Gasteiger partial charge is 0.368 e. The van der Waals surface area contributed by atoms with Gasteiger partial charge in [-0.3, -0.25) is 9.59 Å². The van der Waals surface area contributed by atoms with Crippen molar-refractivity contribution in [3.05, 3.63) is 0 Å². The lowest BCUT2D eigenvalue weighted by molar-refractivity contribution is -0.126. The number of nitrogens with one attached hydrogen (secondary N) is 1. The molecular weight excluding hydrogens is 206 g/mol. The molecule has 0 bridgehead atoms. The van der Waals surface area contributed by atoms with Crippen molar-refractivity contribution in [1.82, 2.24) is 5.32 Å². The number of rotatable bonds is 5. The van der Waals surface area contributed by atoms with Gasteiger partial charge in [0.1, 0.15) is 6.04 Å². The maximum atomic E-state index is 10.9. The van der Waals surface area contributed by atoms with Gasteiger partial charge in [-0.25, -0.2) is 0 Å². The molecule has 1 atom stereocenters. The first kappa shape index (κ1) is 15.7. The molecule has 0 radical (unpaired) electrons. The Hall–Kier alpha value is -0.810. The number of carbonyl (C=O) groups excluding carboxylic acids is 2. The minimum absolute atomic E-state index is 0. The number of carbonyl (C=O) groups is 2. The summed E-state index contributed by atoms with van der Waals surface area (Å²) >= 11 is 0. The van der Waals surface area contributed by atoms with Gasteiger partial charge in [0, 0.05) is 0 Å². The quantitative estimate of drug-likeness (QED) is 0.580. The van der Waals surface area contributed by atoms with Crippen LogP contribution < -0.4 is 16.8 Å². The lowest BCUT2D eigenvalue weighted by Crippen LogP contribution is -2.47. The van der Waals surface area contributed by atoms with E-state index in [-0.39, 0.29) is 24.9 Å². The van der Waals surface area contributed by atoms with Crippen LogP contribution in [-0.2, 0) is 9.59 Å². The Balaban J connectivity index is 0. The van der Waals surface area contributed by atoms with E-state index in [0.717, 1.165) is 0 Å². The van der Waals surface area contributed by atoms with Crippen LogP contribution >= 0.6 is 12.4 Å². The Morgan fingerprint density at radius 3 is 2.14 bits per heavy atom. The fourth-order valence-electron chi connectivity index (χ4n) is 0.971. The third-order valence-electron chi connectivity index (χ3n) is 1.57. The van der Waals surface area contributed by atoms with Gasteiger partial charge in [0.2, 0.25) is 11.8 Å². The van der Waals surface area contributed by atoms with Crippen LogP contribution in [0, 0.1) is 5.92 Å². The van der Waals surface area contributed by atoms with Crippen molar-refractivity contribution >= 4 is 24.2 Å². The van der Waals surface area contributed by atoms with E-state index in [1.807, 2.05) is 13.8 Å². The van der Waals surface area contributed by atoms with E-state index in [1.165, 1.54) is 0 Å². The zero-order chi connectivity index (χ0) is 10.4. The molecule has 6 heteroatoms. The van der Waals surface area contributed by atoms with Crippen molar-refractivity contribution in [2.75, 3.05) is 6.54 Å². The normalized spacial score (nSPS) is 11.7. The van der Waals surface area contributed by atoms with Gasteiger partial charge in [-0.15, -0.1) is 12.4 Å². The zero-order valence-corrected chi connectivity index (χ0v) is 9.26. The lowest BCUT2D eigenvalue weighted by Gasteiger charge is -2.16. The molecule has 0 spiro atoms. The molecule has 2 amide bonds. The first-order valence-corrected chi connectivity index (χ1v) is 4.26. The average molecular weight is 224 g/mol. The highest BCUT2D eigenvalue weighted by atomic mass is 35.5. The second-order valence-electron chi connectivity index (χ2n) is 3.36. The molecule has 0 rings (SSSR count). The third-order valence-corrected chi connectivity index (χ3v) is 1.57. The van der Waals surface area contributed by atoms with E-state index >= 15 is 0 Å². The SMILES string of the molecule is CC(C)CC(NC(=O)CN)C(N)=O.Cl. The summed E-state index contributed by atoms with van der Waals surface area (Å²) in [6.45, 7) is 3.77. The smallest absolute Gasteiger partial charge is 0.240 e. The molecule has 0 heterocycles. The number of hydrogen-bond acceptors (Lipinski definition) is 3. The summed E-state index contributed by atoms with van der Waals surface area (Å²) in [6, 6.07) is -0.601.